The van der Waals surface area contributed by atoms with Crippen LogP contribution in [0.4, 0.5) is 5.69 Å². The molecule has 6 heteroatoms. The molecule has 0 spiro atoms. The Labute approximate surface area is 128 Å². The third kappa shape index (κ3) is 3.68. The Hall–Kier alpha value is -1.66. The van der Waals surface area contributed by atoms with Crippen LogP contribution in [0.2, 0.25) is 0 Å². The van der Waals surface area contributed by atoms with Crippen molar-refractivity contribution in [1.82, 2.24) is 9.97 Å². The fraction of sp³-hybridized carbons (Fsp3) is 0.214. The molecule has 0 radical (unpaired) electrons. The summed E-state index contributed by atoms with van der Waals surface area (Å²) in [5.74, 6) is 0.977. The van der Waals surface area contributed by atoms with E-state index in [1.54, 1.807) is 18.0 Å². The molecule has 0 fully saturated rings. The van der Waals surface area contributed by atoms with E-state index in [9.17, 15) is 0 Å². The highest BCUT2D eigenvalue weighted by molar-refractivity contribution is 7.99. The van der Waals surface area contributed by atoms with Crippen molar-refractivity contribution in [3.8, 4) is 0 Å². The van der Waals surface area contributed by atoms with Gasteiger partial charge in [0.2, 0.25) is 0 Å². The molecule has 1 aromatic heterocycles. The van der Waals surface area contributed by atoms with E-state index in [1.807, 2.05) is 24.3 Å². The van der Waals surface area contributed by atoms with E-state index >= 15 is 0 Å². The molecule has 1 heterocycles. The van der Waals surface area contributed by atoms with Crippen LogP contribution in [0.1, 0.15) is 18.2 Å². The van der Waals surface area contributed by atoms with E-state index in [-0.39, 0.29) is 0 Å². The van der Waals surface area contributed by atoms with Crippen molar-refractivity contribution in [3.05, 3.63) is 48.0 Å². The van der Waals surface area contributed by atoms with Crippen LogP contribution in [-0.2, 0) is 6.54 Å². The Morgan fingerprint density at radius 1 is 1.40 bits per heavy atom. The highest BCUT2D eigenvalue weighted by Crippen LogP contribution is 2.28. The molecule has 104 valence electrons. The summed E-state index contributed by atoms with van der Waals surface area (Å²) in [5, 5.41) is 3.34. The van der Waals surface area contributed by atoms with Crippen LogP contribution in [-0.4, -0.2) is 20.7 Å². The first-order chi connectivity index (χ1) is 9.72. The number of thiocarbonyl (C=S) groups is 1. The number of anilines is 1. The molecule has 0 saturated heterocycles. The van der Waals surface area contributed by atoms with Crippen LogP contribution in [0.3, 0.4) is 0 Å². The van der Waals surface area contributed by atoms with E-state index in [4.69, 9.17) is 18.0 Å². The van der Waals surface area contributed by atoms with Gasteiger partial charge in [-0.25, -0.2) is 9.97 Å². The minimum atomic E-state index is 0.409. The summed E-state index contributed by atoms with van der Waals surface area (Å²) >= 11 is 6.91. The number of aromatic nitrogens is 2. The van der Waals surface area contributed by atoms with E-state index in [0.717, 1.165) is 27.6 Å². The van der Waals surface area contributed by atoms with Gasteiger partial charge >= 0.3 is 0 Å². The lowest BCUT2D eigenvalue weighted by molar-refractivity contribution is 1.00. The van der Waals surface area contributed by atoms with Gasteiger partial charge in [-0.2, -0.15) is 0 Å². The summed E-state index contributed by atoms with van der Waals surface area (Å²) in [5.41, 5.74) is 8.63. The molecule has 0 atom stereocenters. The number of rotatable bonds is 6. The Morgan fingerprint density at radius 2 is 2.25 bits per heavy atom. The van der Waals surface area contributed by atoms with Crippen molar-refractivity contribution in [2.45, 2.75) is 18.4 Å². The van der Waals surface area contributed by atoms with Crippen molar-refractivity contribution in [3.63, 3.8) is 0 Å². The number of thioether (sulfide) groups is 1. The van der Waals surface area contributed by atoms with E-state index in [1.165, 1.54) is 6.33 Å². The zero-order valence-corrected chi connectivity index (χ0v) is 12.8. The summed E-state index contributed by atoms with van der Waals surface area (Å²) in [6, 6.07) is 7.90. The van der Waals surface area contributed by atoms with Crippen LogP contribution in [0.5, 0.6) is 0 Å². The van der Waals surface area contributed by atoms with Crippen LogP contribution in [0.25, 0.3) is 0 Å². The average Bonchev–Trinajstić information content (AvgIpc) is 2.46. The minimum absolute atomic E-state index is 0.409. The Kier molecular flexibility index (Phi) is 5.31. The zero-order valence-electron chi connectivity index (χ0n) is 11.2. The van der Waals surface area contributed by atoms with Gasteiger partial charge in [0, 0.05) is 22.3 Å². The van der Waals surface area contributed by atoms with Crippen molar-refractivity contribution in [2.75, 3.05) is 11.1 Å². The third-order valence-electron chi connectivity index (χ3n) is 2.68. The second kappa shape index (κ2) is 7.21. The van der Waals surface area contributed by atoms with Crippen molar-refractivity contribution >= 4 is 34.7 Å². The Balaban J connectivity index is 2.22. The second-order valence-electron chi connectivity index (χ2n) is 4.03. The fourth-order valence-corrected chi connectivity index (χ4v) is 2.95. The molecule has 0 amide bonds. The maximum absolute atomic E-state index is 5.87. The van der Waals surface area contributed by atoms with Gasteiger partial charge in [-0.3, -0.25) is 0 Å². The summed E-state index contributed by atoms with van der Waals surface area (Å²) in [6.45, 7) is 2.72. The molecule has 0 aliphatic heterocycles. The van der Waals surface area contributed by atoms with Gasteiger partial charge in [0.05, 0.1) is 12.2 Å². The van der Waals surface area contributed by atoms with E-state index in [0.29, 0.717) is 11.5 Å². The van der Waals surface area contributed by atoms with Crippen molar-refractivity contribution < 1.29 is 0 Å². The molecule has 0 bridgehead atoms. The normalized spacial score (nSPS) is 10.2. The lowest BCUT2D eigenvalue weighted by Crippen LogP contribution is -2.15. The monoisotopic (exact) mass is 304 g/mol. The predicted octanol–water partition coefficient (Wildman–Crippen LogP) is 2.83. The Morgan fingerprint density at radius 3 is 2.90 bits per heavy atom. The quantitative estimate of drug-likeness (QED) is 0.632. The number of benzene rings is 1. The van der Waals surface area contributed by atoms with Crippen molar-refractivity contribution in [2.24, 2.45) is 5.73 Å². The van der Waals surface area contributed by atoms with Crippen LogP contribution in [0.15, 0.2) is 41.7 Å². The highest BCUT2D eigenvalue weighted by Gasteiger charge is 2.11. The maximum Gasteiger partial charge on any atom is 0.115 e. The first-order valence-electron chi connectivity index (χ1n) is 6.26. The molecule has 4 nitrogen and oxygen atoms in total. The minimum Gasteiger partial charge on any atom is -0.389 e. The predicted molar refractivity (Wildman–Crippen MR) is 88.1 cm³/mol. The average molecular weight is 304 g/mol. The molecule has 3 N–H and O–H groups in total. The number of nitrogens with zero attached hydrogens (tertiary/aromatic N) is 2. The third-order valence-corrected chi connectivity index (χ3v) is 3.82. The molecular formula is C14H16N4S2. The lowest BCUT2D eigenvalue weighted by Gasteiger charge is -2.14. The number of hydrogen-bond acceptors (Lipinski definition) is 5. The fourth-order valence-electron chi connectivity index (χ4n) is 1.82. The van der Waals surface area contributed by atoms with Gasteiger partial charge in [0.15, 0.2) is 0 Å². The summed E-state index contributed by atoms with van der Waals surface area (Å²) in [4.78, 5) is 9.60. The lowest BCUT2D eigenvalue weighted by atomic mass is 10.1. The first-order valence-corrected chi connectivity index (χ1v) is 7.66. The van der Waals surface area contributed by atoms with Gasteiger partial charge in [0.25, 0.3) is 0 Å². The molecule has 20 heavy (non-hydrogen) atoms. The maximum atomic E-state index is 5.87. The molecule has 0 unspecified atom stereocenters. The number of nitrogens with two attached hydrogens (primary N) is 1. The van der Waals surface area contributed by atoms with Crippen molar-refractivity contribution in [1.29, 1.82) is 0 Å². The van der Waals surface area contributed by atoms with Gasteiger partial charge < -0.3 is 11.1 Å². The molecule has 1 aromatic carbocycles. The standard InChI is InChI=1S/C14H16N4S2/c1-2-20-12-5-3-4-11(13(12)14(15)19)17-8-10-6-7-16-9-18-10/h3-7,9,17H,2,8H2,1H3,(H2,15,19). The Bertz CT molecular complexity index is 587. The summed E-state index contributed by atoms with van der Waals surface area (Å²) < 4.78 is 0. The molecule has 0 aliphatic rings. The zero-order chi connectivity index (χ0) is 14.4. The summed E-state index contributed by atoms with van der Waals surface area (Å²) in [7, 11) is 0. The van der Waals surface area contributed by atoms with Gasteiger partial charge in [0.1, 0.15) is 11.3 Å². The van der Waals surface area contributed by atoms with E-state index in [2.05, 4.69) is 22.2 Å². The van der Waals surface area contributed by atoms with Gasteiger partial charge in [-0.05, 0) is 24.0 Å². The summed E-state index contributed by atoms with van der Waals surface area (Å²) in [6.07, 6.45) is 3.26. The van der Waals surface area contributed by atoms with E-state index < -0.39 is 0 Å². The smallest absolute Gasteiger partial charge is 0.115 e. The van der Waals surface area contributed by atoms with Gasteiger partial charge in [-0.15, -0.1) is 11.8 Å². The SMILES string of the molecule is CCSc1cccc(NCc2ccncn2)c1C(N)=S. The largest absolute Gasteiger partial charge is 0.389 e. The second-order valence-corrected chi connectivity index (χ2v) is 5.78. The molecule has 0 aliphatic carbocycles. The molecular weight excluding hydrogens is 288 g/mol. The highest BCUT2D eigenvalue weighted by atomic mass is 32.2. The van der Waals surface area contributed by atoms with Crippen LogP contribution >= 0.6 is 24.0 Å². The molecule has 2 rings (SSSR count). The molecule has 2 aromatic rings. The number of hydrogen-bond donors (Lipinski definition) is 2. The van der Waals surface area contributed by atoms with Crippen LogP contribution < -0.4 is 11.1 Å². The first kappa shape index (κ1) is 14.7. The topological polar surface area (TPSA) is 63.8 Å². The number of nitrogens with one attached hydrogen (secondary N) is 1. The van der Waals surface area contributed by atoms with Gasteiger partial charge in [-0.1, -0.05) is 25.2 Å². The molecule has 0 saturated carbocycles. The van der Waals surface area contributed by atoms with Crippen LogP contribution in [0, 0.1) is 0 Å².